The molecule has 12 rings (SSSR count). The van der Waals surface area contributed by atoms with Crippen LogP contribution in [-0.2, 0) is 0 Å². The number of nitrogens with zero attached hydrogens (tertiary/aromatic N) is 2. The van der Waals surface area contributed by atoms with E-state index in [9.17, 15) is 0 Å². The normalized spacial score (nSPS) is 11.7. The molecule has 0 aliphatic heterocycles. The second-order valence-corrected chi connectivity index (χ2v) is 15.5. The van der Waals surface area contributed by atoms with E-state index in [4.69, 9.17) is 4.98 Å². The van der Waals surface area contributed by atoms with Gasteiger partial charge in [-0.25, -0.2) is 4.98 Å². The summed E-state index contributed by atoms with van der Waals surface area (Å²) >= 11 is 0. The molecule has 59 heavy (non-hydrogen) atoms. The van der Waals surface area contributed by atoms with Crippen LogP contribution in [0.5, 0.6) is 0 Å². The Morgan fingerprint density at radius 2 is 0.881 bits per heavy atom. The molecule has 0 bridgehead atoms. The van der Waals surface area contributed by atoms with Crippen LogP contribution in [0.3, 0.4) is 0 Å². The predicted molar refractivity (Wildman–Crippen MR) is 250 cm³/mol. The first kappa shape index (κ1) is 33.3. The first-order valence-corrected chi connectivity index (χ1v) is 20.3. The third kappa shape index (κ3) is 5.45. The fraction of sp³-hybridized carbons (Fsp3) is 0. The van der Waals surface area contributed by atoms with Crippen LogP contribution in [-0.4, -0.2) is 9.55 Å². The van der Waals surface area contributed by atoms with Crippen LogP contribution in [0, 0.1) is 0 Å². The molecule has 2 heterocycles. The van der Waals surface area contributed by atoms with Crippen molar-refractivity contribution >= 4 is 64.9 Å². The second kappa shape index (κ2) is 13.4. The van der Waals surface area contributed by atoms with Crippen LogP contribution in [0.15, 0.2) is 218 Å². The number of para-hydroxylation sites is 1. The number of hydrogen-bond donors (Lipinski definition) is 0. The Kier molecular flexibility index (Phi) is 7.57. The van der Waals surface area contributed by atoms with Crippen molar-refractivity contribution in [1.82, 2.24) is 9.55 Å². The molecular formula is C57H36N2. The number of fused-ring (bicyclic) bond motifs is 10. The lowest BCUT2D eigenvalue weighted by Crippen LogP contribution is -1.94. The quantitative estimate of drug-likeness (QED) is 0.160. The zero-order valence-corrected chi connectivity index (χ0v) is 32.2. The van der Waals surface area contributed by atoms with Crippen LogP contribution in [0.1, 0.15) is 0 Å². The van der Waals surface area contributed by atoms with Crippen molar-refractivity contribution in [2.24, 2.45) is 0 Å². The molecule has 0 saturated carbocycles. The monoisotopic (exact) mass is 748 g/mol. The van der Waals surface area contributed by atoms with E-state index in [-0.39, 0.29) is 0 Å². The summed E-state index contributed by atoms with van der Waals surface area (Å²) in [6.45, 7) is 0. The number of aromatic nitrogens is 2. The Morgan fingerprint density at radius 1 is 0.288 bits per heavy atom. The van der Waals surface area contributed by atoms with Crippen LogP contribution in [0.25, 0.3) is 115 Å². The maximum absolute atomic E-state index is 5.30. The minimum absolute atomic E-state index is 0.956. The highest BCUT2D eigenvalue weighted by atomic mass is 15.0. The van der Waals surface area contributed by atoms with Gasteiger partial charge in [0.05, 0.1) is 22.4 Å². The van der Waals surface area contributed by atoms with Crippen molar-refractivity contribution in [1.29, 1.82) is 0 Å². The van der Waals surface area contributed by atoms with Crippen molar-refractivity contribution < 1.29 is 0 Å². The Balaban J connectivity index is 1.07. The van der Waals surface area contributed by atoms with Gasteiger partial charge < -0.3 is 4.57 Å². The summed E-state index contributed by atoms with van der Waals surface area (Å²) in [6, 6.07) is 79.4. The van der Waals surface area contributed by atoms with E-state index in [1.807, 2.05) is 0 Å². The standard InChI is InChI=1S/C57H36N2/c1-3-14-37(15-4-1)43-35-53(39-17-5-2-6-18-39)58-54(36-43)42-27-30-50-51(34-42)47-21-10-9-20-46(47)49-24-13-23-45(57(49)50)41-28-31-56-52(33-41)48-22-11-12-25-55(48)59(56)44-29-26-38-16-7-8-19-40(38)32-44/h1-36H. The lowest BCUT2D eigenvalue weighted by atomic mass is 9.88. The lowest BCUT2D eigenvalue weighted by molar-refractivity contribution is 1.19. The molecule has 0 unspecified atom stereocenters. The molecule has 0 atom stereocenters. The highest BCUT2D eigenvalue weighted by Crippen LogP contribution is 2.43. The Bertz CT molecular complexity index is 3540. The minimum Gasteiger partial charge on any atom is -0.309 e. The molecule has 2 aromatic heterocycles. The smallest absolute Gasteiger partial charge is 0.0715 e. The van der Waals surface area contributed by atoms with E-state index in [0.717, 1.165) is 28.1 Å². The molecule has 0 aliphatic rings. The average Bonchev–Trinajstić information content (AvgIpc) is 3.65. The lowest BCUT2D eigenvalue weighted by Gasteiger charge is -2.16. The van der Waals surface area contributed by atoms with E-state index >= 15 is 0 Å². The highest BCUT2D eigenvalue weighted by Gasteiger charge is 2.18. The first-order valence-electron chi connectivity index (χ1n) is 20.3. The van der Waals surface area contributed by atoms with Gasteiger partial charge in [-0.2, -0.15) is 0 Å². The van der Waals surface area contributed by atoms with Crippen molar-refractivity contribution in [3.8, 4) is 50.5 Å². The maximum Gasteiger partial charge on any atom is 0.0715 e. The highest BCUT2D eigenvalue weighted by molar-refractivity contribution is 6.29. The largest absolute Gasteiger partial charge is 0.309 e. The van der Waals surface area contributed by atoms with E-state index < -0.39 is 0 Å². The van der Waals surface area contributed by atoms with Gasteiger partial charge >= 0.3 is 0 Å². The minimum atomic E-state index is 0.956. The topological polar surface area (TPSA) is 17.8 Å². The molecule has 0 aliphatic carbocycles. The molecule has 274 valence electrons. The predicted octanol–water partition coefficient (Wildman–Crippen LogP) is 15.5. The third-order valence-electron chi connectivity index (χ3n) is 12.1. The Labute approximate surface area is 341 Å². The second-order valence-electron chi connectivity index (χ2n) is 15.5. The maximum atomic E-state index is 5.30. The average molecular weight is 749 g/mol. The van der Waals surface area contributed by atoms with Gasteiger partial charge in [0.2, 0.25) is 0 Å². The summed E-state index contributed by atoms with van der Waals surface area (Å²) < 4.78 is 2.42. The molecule has 2 heteroatoms. The summed E-state index contributed by atoms with van der Waals surface area (Å²) in [7, 11) is 0. The molecular weight excluding hydrogens is 713 g/mol. The van der Waals surface area contributed by atoms with Gasteiger partial charge in [-0.3, -0.25) is 0 Å². The van der Waals surface area contributed by atoms with Gasteiger partial charge in [0.15, 0.2) is 0 Å². The van der Waals surface area contributed by atoms with Gasteiger partial charge in [0.25, 0.3) is 0 Å². The zero-order valence-electron chi connectivity index (χ0n) is 32.2. The van der Waals surface area contributed by atoms with Crippen LogP contribution in [0.2, 0.25) is 0 Å². The molecule has 0 amide bonds. The molecule has 0 radical (unpaired) electrons. The summed E-state index contributed by atoms with van der Waals surface area (Å²) in [5.74, 6) is 0. The van der Waals surface area contributed by atoms with Crippen LogP contribution >= 0.6 is 0 Å². The molecule has 0 spiro atoms. The summed E-state index contributed by atoms with van der Waals surface area (Å²) in [5.41, 5.74) is 12.4. The number of rotatable bonds is 5. The first-order chi connectivity index (χ1) is 29.2. The van der Waals surface area contributed by atoms with Gasteiger partial charge in [-0.1, -0.05) is 170 Å². The van der Waals surface area contributed by atoms with E-state index in [2.05, 4.69) is 223 Å². The van der Waals surface area contributed by atoms with Gasteiger partial charge in [-0.15, -0.1) is 0 Å². The molecule has 2 nitrogen and oxygen atoms in total. The fourth-order valence-corrected chi connectivity index (χ4v) is 9.37. The van der Waals surface area contributed by atoms with Crippen LogP contribution in [0.4, 0.5) is 0 Å². The Morgan fingerprint density at radius 3 is 1.69 bits per heavy atom. The molecule has 0 N–H and O–H groups in total. The SMILES string of the molecule is c1ccc(-c2cc(-c3ccccc3)nc(-c3ccc4c(c3)c3ccccc3c3cccc(-c5ccc6c(c5)c5ccccc5n6-c5ccc6ccccc6c5)c34)c2)cc1. The summed E-state index contributed by atoms with van der Waals surface area (Å²) in [6.07, 6.45) is 0. The number of benzene rings is 10. The summed E-state index contributed by atoms with van der Waals surface area (Å²) in [5, 5.41) is 12.4. The van der Waals surface area contributed by atoms with E-state index in [0.29, 0.717) is 0 Å². The molecule has 0 fully saturated rings. The zero-order chi connectivity index (χ0) is 38.9. The van der Waals surface area contributed by atoms with Crippen LogP contribution < -0.4 is 0 Å². The van der Waals surface area contributed by atoms with E-state index in [1.165, 1.54) is 87.3 Å². The fourth-order valence-electron chi connectivity index (χ4n) is 9.37. The summed E-state index contributed by atoms with van der Waals surface area (Å²) in [4.78, 5) is 5.30. The third-order valence-corrected chi connectivity index (χ3v) is 12.1. The van der Waals surface area contributed by atoms with Crippen molar-refractivity contribution in [3.05, 3.63) is 218 Å². The van der Waals surface area contributed by atoms with E-state index in [1.54, 1.807) is 0 Å². The van der Waals surface area contributed by atoms with Crippen molar-refractivity contribution in [3.63, 3.8) is 0 Å². The number of pyridine rings is 1. The van der Waals surface area contributed by atoms with Crippen molar-refractivity contribution in [2.75, 3.05) is 0 Å². The molecule has 12 aromatic rings. The van der Waals surface area contributed by atoms with Gasteiger partial charge in [0, 0.05) is 27.6 Å². The Hall–Kier alpha value is -7.81. The number of hydrogen-bond acceptors (Lipinski definition) is 1. The van der Waals surface area contributed by atoms with Gasteiger partial charge in [0.1, 0.15) is 0 Å². The van der Waals surface area contributed by atoms with Gasteiger partial charge in [-0.05, 0) is 114 Å². The van der Waals surface area contributed by atoms with Crippen molar-refractivity contribution in [2.45, 2.75) is 0 Å². The molecule has 10 aromatic carbocycles. The molecule has 0 saturated heterocycles.